The van der Waals surface area contributed by atoms with Crippen LogP contribution >= 0.6 is 0 Å². The number of hydrogen-bond donors (Lipinski definition) is 1. The summed E-state index contributed by atoms with van der Waals surface area (Å²) in [5.41, 5.74) is 0. The molecule has 98 valence electrons. The molecule has 5 nitrogen and oxygen atoms in total. The third-order valence-electron chi connectivity index (χ3n) is 2.40. The van der Waals surface area contributed by atoms with Gasteiger partial charge >= 0.3 is 0 Å². The van der Waals surface area contributed by atoms with Crippen LogP contribution in [0, 0.1) is 24.2 Å². The Morgan fingerprint density at radius 1 is 1.44 bits per heavy atom. The highest BCUT2D eigenvalue weighted by atomic mass is 15.2. The van der Waals surface area contributed by atoms with Crippen molar-refractivity contribution in [2.75, 3.05) is 30.4 Å². The maximum Gasteiger partial charge on any atom is 0.134 e. The number of nitrogens with one attached hydrogen (secondary N) is 1. The molecule has 5 heteroatoms. The van der Waals surface area contributed by atoms with E-state index in [1.54, 1.807) is 0 Å². The van der Waals surface area contributed by atoms with Gasteiger partial charge < -0.3 is 10.2 Å². The first kappa shape index (κ1) is 14.2. The monoisotopic (exact) mass is 247 g/mol. The average Bonchev–Trinajstić information content (AvgIpc) is 2.27. The van der Waals surface area contributed by atoms with Gasteiger partial charge in [0.2, 0.25) is 0 Å². The van der Waals surface area contributed by atoms with Crippen molar-refractivity contribution in [2.45, 2.75) is 27.2 Å². The number of nitriles is 1. The Kier molecular flexibility index (Phi) is 5.37. The molecule has 1 rings (SSSR count). The second kappa shape index (κ2) is 6.80. The van der Waals surface area contributed by atoms with Crippen molar-refractivity contribution in [3.63, 3.8) is 0 Å². The summed E-state index contributed by atoms with van der Waals surface area (Å²) in [4.78, 5) is 10.9. The van der Waals surface area contributed by atoms with Crippen LogP contribution in [0.15, 0.2) is 6.07 Å². The van der Waals surface area contributed by atoms with E-state index in [4.69, 9.17) is 5.26 Å². The van der Waals surface area contributed by atoms with Gasteiger partial charge in [-0.1, -0.05) is 13.8 Å². The molecule has 1 heterocycles. The molecular weight excluding hydrogens is 226 g/mol. The van der Waals surface area contributed by atoms with Crippen LogP contribution in [0.4, 0.5) is 11.6 Å². The molecule has 0 saturated heterocycles. The van der Waals surface area contributed by atoms with E-state index >= 15 is 0 Å². The minimum absolute atomic E-state index is 0.472. The molecule has 0 aliphatic heterocycles. The van der Waals surface area contributed by atoms with Crippen LogP contribution in [-0.2, 0) is 0 Å². The van der Waals surface area contributed by atoms with Crippen molar-refractivity contribution >= 4 is 11.6 Å². The zero-order valence-electron chi connectivity index (χ0n) is 11.6. The van der Waals surface area contributed by atoms with Crippen LogP contribution in [0.2, 0.25) is 0 Å². The lowest BCUT2D eigenvalue weighted by molar-refractivity contribution is 0.633. The number of aryl methyl sites for hydroxylation is 1. The highest BCUT2D eigenvalue weighted by Crippen LogP contribution is 2.15. The first-order valence-electron chi connectivity index (χ1n) is 6.20. The highest BCUT2D eigenvalue weighted by molar-refractivity contribution is 5.49. The fourth-order valence-corrected chi connectivity index (χ4v) is 1.73. The minimum atomic E-state index is 0.472. The van der Waals surface area contributed by atoms with Gasteiger partial charge in [0.1, 0.15) is 17.5 Å². The first-order chi connectivity index (χ1) is 8.52. The van der Waals surface area contributed by atoms with Gasteiger partial charge in [0.05, 0.1) is 12.5 Å². The molecule has 0 amide bonds. The largest absolute Gasteiger partial charge is 0.369 e. The Morgan fingerprint density at radius 2 is 2.17 bits per heavy atom. The number of aromatic nitrogens is 2. The lowest BCUT2D eigenvalue weighted by Gasteiger charge is -2.21. The molecule has 0 fully saturated rings. The predicted molar refractivity (Wildman–Crippen MR) is 73.6 cm³/mol. The molecule has 1 aromatic heterocycles. The highest BCUT2D eigenvalue weighted by Gasteiger charge is 2.07. The van der Waals surface area contributed by atoms with Crippen molar-refractivity contribution in [1.29, 1.82) is 5.26 Å². The molecule has 0 aliphatic carbocycles. The van der Waals surface area contributed by atoms with Crippen molar-refractivity contribution in [2.24, 2.45) is 5.92 Å². The standard InChI is InChI=1S/C13H21N5/c1-10(2)9-18(4)13-8-12(15-7-5-6-14)16-11(3)17-13/h8,10H,5,7,9H2,1-4H3,(H,15,16,17). The molecule has 1 N–H and O–H groups in total. The van der Waals surface area contributed by atoms with Crippen LogP contribution in [0.5, 0.6) is 0 Å². The maximum absolute atomic E-state index is 8.51. The Labute approximate surface area is 109 Å². The lowest BCUT2D eigenvalue weighted by Crippen LogP contribution is -2.24. The smallest absolute Gasteiger partial charge is 0.134 e. The van der Waals surface area contributed by atoms with Crippen molar-refractivity contribution < 1.29 is 0 Å². The zero-order valence-corrected chi connectivity index (χ0v) is 11.6. The van der Waals surface area contributed by atoms with E-state index in [9.17, 15) is 0 Å². The van der Waals surface area contributed by atoms with Crippen LogP contribution in [0.1, 0.15) is 26.1 Å². The van der Waals surface area contributed by atoms with Gasteiger partial charge in [0.15, 0.2) is 0 Å². The average molecular weight is 247 g/mol. The molecule has 0 radical (unpaired) electrons. The lowest BCUT2D eigenvalue weighted by atomic mass is 10.2. The van der Waals surface area contributed by atoms with E-state index in [2.05, 4.69) is 40.1 Å². The molecule has 0 aliphatic rings. The fourth-order valence-electron chi connectivity index (χ4n) is 1.73. The molecule has 1 aromatic rings. The molecule has 0 spiro atoms. The van der Waals surface area contributed by atoms with Gasteiger partial charge in [-0.25, -0.2) is 9.97 Å². The maximum atomic E-state index is 8.51. The number of anilines is 2. The van der Waals surface area contributed by atoms with Crippen LogP contribution in [-0.4, -0.2) is 30.1 Å². The van der Waals surface area contributed by atoms with Gasteiger partial charge in [-0.3, -0.25) is 0 Å². The van der Waals surface area contributed by atoms with Crippen molar-refractivity contribution in [3.8, 4) is 6.07 Å². The van der Waals surface area contributed by atoms with Gasteiger partial charge in [0, 0.05) is 26.2 Å². The van der Waals surface area contributed by atoms with Gasteiger partial charge in [-0.2, -0.15) is 5.26 Å². The summed E-state index contributed by atoms with van der Waals surface area (Å²) in [6.07, 6.45) is 0.472. The summed E-state index contributed by atoms with van der Waals surface area (Å²) in [6, 6.07) is 4.02. The Balaban J connectivity index is 2.77. The van der Waals surface area contributed by atoms with Crippen LogP contribution < -0.4 is 10.2 Å². The molecule has 0 bridgehead atoms. The van der Waals surface area contributed by atoms with Crippen molar-refractivity contribution in [3.05, 3.63) is 11.9 Å². The van der Waals surface area contributed by atoms with Crippen molar-refractivity contribution in [1.82, 2.24) is 9.97 Å². The molecule has 0 aromatic carbocycles. The van der Waals surface area contributed by atoms with E-state index in [-0.39, 0.29) is 0 Å². The Morgan fingerprint density at radius 3 is 2.78 bits per heavy atom. The number of hydrogen-bond acceptors (Lipinski definition) is 5. The predicted octanol–water partition coefficient (Wildman–Crippen LogP) is 2.20. The van der Waals surface area contributed by atoms with E-state index in [1.165, 1.54) is 0 Å². The van der Waals surface area contributed by atoms with Crippen LogP contribution in [0.3, 0.4) is 0 Å². The normalized spacial score (nSPS) is 10.2. The van der Waals surface area contributed by atoms with E-state index in [1.807, 2.05) is 20.0 Å². The third kappa shape index (κ3) is 4.58. The second-order valence-corrected chi connectivity index (χ2v) is 4.77. The van der Waals surface area contributed by atoms with Gasteiger partial charge in [0.25, 0.3) is 0 Å². The van der Waals surface area contributed by atoms with Gasteiger partial charge in [-0.05, 0) is 12.8 Å². The summed E-state index contributed by atoms with van der Waals surface area (Å²) < 4.78 is 0. The number of nitrogens with zero attached hydrogens (tertiary/aromatic N) is 4. The van der Waals surface area contributed by atoms with Gasteiger partial charge in [-0.15, -0.1) is 0 Å². The van der Waals surface area contributed by atoms with E-state index in [0.29, 0.717) is 18.9 Å². The fraction of sp³-hybridized carbons (Fsp3) is 0.615. The van der Waals surface area contributed by atoms with Crippen LogP contribution in [0.25, 0.3) is 0 Å². The SMILES string of the molecule is Cc1nc(NCCC#N)cc(N(C)CC(C)C)n1. The molecule has 0 atom stereocenters. The summed E-state index contributed by atoms with van der Waals surface area (Å²) in [7, 11) is 2.03. The zero-order chi connectivity index (χ0) is 13.5. The second-order valence-electron chi connectivity index (χ2n) is 4.77. The topological polar surface area (TPSA) is 64.8 Å². The molecule has 18 heavy (non-hydrogen) atoms. The van der Waals surface area contributed by atoms with E-state index in [0.717, 1.165) is 24.0 Å². The first-order valence-corrected chi connectivity index (χ1v) is 6.20. The van der Waals surface area contributed by atoms with E-state index < -0.39 is 0 Å². The minimum Gasteiger partial charge on any atom is -0.369 e. The summed E-state index contributed by atoms with van der Waals surface area (Å²) in [5, 5.41) is 11.6. The number of rotatable bonds is 6. The Bertz CT molecular complexity index is 422. The quantitative estimate of drug-likeness (QED) is 0.781. The third-order valence-corrected chi connectivity index (χ3v) is 2.40. The summed E-state index contributed by atoms with van der Waals surface area (Å²) in [5.74, 6) is 3.02. The molecule has 0 saturated carbocycles. The summed E-state index contributed by atoms with van der Waals surface area (Å²) in [6.45, 7) is 7.80. The summed E-state index contributed by atoms with van der Waals surface area (Å²) >= 11 is 0. The molecule has 0 unspecified atom stereocenters. The molecular formula is C13H21N5. The Hall–Kier alpha value is -1.83.